The molecule has 1 nitrogen and oxygen atoms in total. The van der Waals surface area contributed by atoms with E-state index in [4.69, 9.17) is 4.74 Å². The lowest BCUT2D eigenvalue weighted by Crippen LogP contribution is -2.50. The van der Waals surface area contributed by atoms with Gasteiger partial charge in [-0.05, 0) is 36.2 Å². The van der Waals surface area contributed by atoms with Gasteiger partial charge in [0.25, 0.3) is 0 Å². The van der Waals surface area contributed by atoms with Crippen LogP contribution in [0.2, 0.25) is 18.1 Å². The molecule has 0 radical (unpaired) electrons. The van der Waals surface area contributed by atoms with Gasteiger partial charge < -0.3 is 4.74 Å². The van der Waals surface area contributed by atoms with Crippen molar-refractivity contribution in [1.29, 1.82) is 0 Å². The van der Waals surface area contributed by atoms with E-state index in [1.165, 1.54) is 0 Å². The number of rotatable bonds is 3. The van der Waals surface area contributed by atoms with E-state index in [2.05, 4.69) is 56.7 Å². The van der Waals surface area contributed by atoms with Gasteiger partial charge in [0.2, 0.25) is 0 Å². The maximum Gasteiger partial charge on any atom is 0.119 e. The van der Waals surface area contributed by atoms with Crippen molar-refractivity contribution in [3.63, 3.8) is 0 Å². The smallest absolute Gasteiger partial charge is 0.119 e. The molecular formula is C14H23BrOSi. The predicted molar refractivity (Wildman–Crippen MR) is 81.4 cm³/mol. The van der Waals surface area contributed by atoms with Crippen molar-refractivity contribution in [1.82, 2.24) is 0 Å². The summed E-state index contributed by atoms with van der Waals surface area (Å²) in [6.45, 7) is 14.0. The van der Waals surface area contributed by atoms with Gasteiger partial charge in [0.05, 0.1) is 5.73 Å². The first-order valence-electron chi connectivity index (χ1n) is 6.07. The Balaban J connectivity index is 2.79. The van der Waals surface area contributed by atoms with E-state index in [0.29, 0.717) is 10.8 Å². The van der Waals surface area contributed by atoms with Crippen molar-refractivity contribution in [2.45, 2.75) is 51.6 Å². The van der Waals surface area contributed by atoms with Crippen LogP contribution in [-0.2, 0) is 0 Å². The second-order valence-electron chi connectivity index (χ2n) is 6.19. The van der Waals surface area contributed by atoms with Crippen LogP contribution in [0.4, 0.5) is 0 Å². The Morgan fingerprint density at radius 2 is 1.59 bits per heavy atom. The molecule has 1 rings (SSSR count). The lowest BCUT2D eigenvalue weighted by molar-refractivity contribution is 0.282. The summed E-state index contributed by atoms with van der Waals surface area (Å²) in [6, 6.07) is 8.09. The number of ether oxygens (including phenoxy) is 1. The molecule has 0 bridgehead atoms. The zero-order chi connectivity index (χ0) is 13.3. The van der Waals surface area contributed by atoms with Gasteiger partial charge in [0.1, 0.15) is 13.8 Å². The number of hydrogen-bond donors (Lipinski definition) is 0. The highest BCUT2D eigenvalue weighted by Gasteiger charge is 2.41. The first-order chi connectivity index (χ1) is 7.64. The topological polar surface area (TPSA) is 9.23 Å². The fraction of sp³-hybridized carbons (Fsp3) is 0.571. The minimum Gasteiger partial charge on any atom is -0.494 e. The molecule has 17 heavy (non-hydrogen) atoms. The summed E-state index contributed by atoms with van der Waals surface area (Å²) >= 11 is 3.44. The van der Waals surface area contributed by atoms with Gasteiger partial charge in [-0.3, -0.25) is 0 Å². The van der Waals surface area contributed by atoms with Crippen molar-refractivity contribution in [3.05, 3.63) is 28.7 Å². The summed E-state index contributed by atoms with van der Waals surface area (Å²) in [5.41, 5.74) is 0.309. The fourth-order valence-electron chi connectivity index (χ4n) is 1.47. The largest absolute Gasteiger partial charge is 0.494 e. The predicted octanol–water partition coefficient (Wildman–Crippen LogP) is 5.26. The van der Waals surface area contributed by atoms with E-state index in [1.54, 1.807) is 0 Å². The quantitative estimate of drug-likeness (QED) is 0.691. The molecule has 1 aromatic carbocycles. The Kier molecular flexibility index (Phi) is 4.47. The van der Waals surface area contributed by atoms with E-state index in [0.717, 1.165) is 10.2 Å². The minimum atomic E-state index is -1.44. The molecule has 0 saturated carbocycles. The summed E-state index contributed by atoms with van der Waals surface area (Å²) in [6.07, 6.45) is 0. The molecule has 1 unspecified atom stereocenters. The van der Waals surface area contributed by atoms with Crippen molar-refractivity contribution in [2.75, 3.05) is 0 Å². The standard InChI is InChI=1S/C14H23BrOSi/c1-11(17(5,6)14(2,3)4)16-13-9-7-12(15)8-10-13/h7-11H,1-6H3. The summed E-state index contributed by atoms with van der Waals surface area (Å²) < 4.78 is 7.19. The van der Waals surface area contributed by atoms with Gasteiger partial charge in [0, 0.05) is 4.47 Å². The van der Waals surface area contributed by atoms with Crippen LogP contribution < -0.4 is 4.74 Å². The molecule has 1 atom stereocenters. The molecule has 0 spiro atoms. The Bertz CT molecular complexity index is 365. The van der Waals surface area contributed by atoms with Gasteiger partial charge >= 0.3 is 0 Å². The lowest BCUT2D eigenvalue weighted by atomic mass is 10.2. The monoisotopic (exact) mass is 314 g/mol. The summed E-state index contributed by atoms with van der Waals surface area (Å²) in [7, 11) is -1.44. The molecule has 0 aliphatic heterocycles. The second kappa shape index (κ2) is 5.15. The van der Waals surface area contributed by atoms with E-state index in [-0.39, 0.29) is 0 Å². The Morgan fingerprint density at radius 1 is 1.12 bits per heavy atom. The zero-order valence-corrected chi connectivity index (χ0v) is 14.3. The third-order valence-electron chi connectivity index (χ3n) is 4.08. The van der Waals surface area contributed by atoms with E-state index >= 15 is 0 Å². The average Bonchev–Trinajstić information content (AvgIpc) is 2.19. The fourth-order valence-corrected chi connectivity index (χ4v) is 3.39. The van der Waals surface area contributed by atoms with Crippen LogP contribution in [0.1, 0.15) is 27.7 Å². The molecule has 0 saturated heterocycles. The van der Waals surface area contributed by atoms with E-state index in [1.807, 2.05) is 24.3 Å². The number of halogens is 1. The minimum absolute atomic E-state index is 0.309. The van der Waals surface area contributed by atoms with Crippen LogP contribution in [0.15, 0.2) is 28.7 Å². The van der Waals surface area contributed by atoms with Gasteiger partial charge in [-0.15, -0.1) is 0 Å². The molecule has 0 N–H and O–H groups in total. The molecule has 3 heteroatoms. The molecular weight excluding hydrogens is 292 g/mol. The first-order valence-corrected chi connectivity index (χ1v) is 9.94. The van der Waals surface area contributed by atoms with E-state index < -0.39 is 8.07 Å². The highest BCUT2D eigenvalue weighted by Crippen LogP contribution is 2.39. The highest BCUT2D eigenvalue weighted by molar-refractivity contribution is 9.10. The zero-order valence-electron chi connectivity index (χ0n) is 11.7. The Labute approximate surface area is 115 Å². The summed E-state index contributed by atoms with van der Waals surface area (Å²) in [5, 5.41) is 0.349. The van der Waals surface area contributed by atoms with Crippen LogP contribution >= 0.6 is 15.9 Å². The van der Waals surface area contributed by atoms with Gasteiger partial charge in [0.15, 0.2) is 0 Å². The summed E-state index contributed by atoms with van der Waals surface area (Å²) in [5.74, 6) is 0.963. The normalized spacial score (nSPS) is 14.5. The van der Waals surface area contributed by atoms with Crippen LogP contribution in [0, 0.1) is 0 Å². The van der Waals surface area contributed by atoms with Crippen LogP contribution in [0.25, 0.3) is 0 Å². The van der Waals surface area contributed by atoms with E-state index in [9.17, 15) is 0 Å². The maximum absolute atomic E-state index is 6.10. The molecule has 0 amide bonds. The lowest BCUT2D eigenvalue weighted by Gasteiger charge is -2.41. The van der Waals surface area contributed by atoms with Crippen molar-refractivity contribution in [3.8, 4) is 5.75 Å². The van der Waals surface area contributed by atoms with Crippen LogP contribution in [-0.4, -0.2) is 13.8 Å². The van der Waals surface area contributed by atoms with Crippen molar-refractivity contribution >= 4 is 24.0 Å². The van der Waals surface area contributed by atoms with Gasteiger partial charge in [-0.2, -0.15) is 0 Å². The molecule has 0 heterocycles. The molecule has 0 fully saturated rings. The third kappa shape index (κ3) is 3.59. The van der Waals surface area contributed by atoms with Crippen molar-refractivity contribution in [2.24, 2.45) is 0 Å². The molecule has 0 aromatic heterocycles. The van der Waals surface area contributed by atoms with Crippen LogP contribution in [0.3, 0.4) is 0 Å². The van der Waals surface area contributed by atoms with Gasteiger partial charge in [-0.1, -0.05) is 49.8 Å². The third-order valence-corrected chi connectivity index (χ3v) is 10.6. The Hall–Kier alpha value is -0.283. The molecule has 0 aliphatic carbocycles. The van der Waals surface area contributed by atoms with Gasteiger partial charge in [-0.25, -0.2) is 0 Å². The number of benzene rings is 1. The molecule has 0 aliphatic rings. The second-order valence-corrected chi connectivity index (χ2v) is 12.9. The first kappa shape index (κ1) is 14.8. The maximum atomic E-state index is 6.10. The SMILES string of the molecule is CC(Oc1ccc(Br)cc1)[Si](C)(C)C(C)(C)C. The summed E-state index contributed by atoms with van der Waals surface area (Å²) in [4.78, 5) is 0. The van der Waals surface area contributed by atoms with Crippen molar-refractivity contribution < 1.29 is 4.74 Å². The Morgan fingerprint density at radius 3 is 2.00 bits per heavy atom. The molecule has 1 aromatic rings. The molecule has 96 valence electrons. The highest BCUT2D eigenvalue weighted by atomic mass is 79.9. The van der Waals surface area contributed by atoms with Crippen LogP contribution in [0.5, 0.6) is 5.75 Å². The average molecular weight is 315 g/mol. The number of hydrogen-bond acceptors (Lipinski definition) is 1.